The average Bonchev–Trinajstić information content (AvgIpc) is 2.28. The first kappa shape index (κ1) is 15.0. The van der Waals surface area contributed by atoms with Gasteiger partial charge in [-0.1, -0.05) is 11.8 Å². The number of thioether (sulfide) groups is 1. The van der Waals surface area contributed by atoms with Crippen LogP contribution in [0.4, 0.5) is 11.6 Å². The zero-order valence-corrected chi connectivity index (χ0v) is 12.5. The third kappa shape index (κ3) is 4.70. The summed E-state index contributed by atoms with van der Waals surface area (Å²) in [5.74, 6) is 1.65. The van der Waals surface area contributed by atoms with Gasteiger partial charge in [0.1, 0.15) is 11.6 Å². The number of hydrogen-bond donors (Lipinski definition) is 2. The minimum Gasteiger partial charge on any atom is -0.382 e. The molecule has 0 saturated carbocycles. The number of rotatable bonds is 7. The van der Waals surface area contributed by atoms with E-state index in [4.69, 9.17) is 4.74 Å². The summed E-state index contributed by atoms with van der Waals surface area (Å²) < 4.78 is 5.19. The molecule has 1 heterocycles. The molecule has 0 aromatic carbocycles. The summed E-state index contributed by atoms with van der Waals surface area (Å²) in [5, 5.41) is 7.32. The molecule has 0 amide bonds. The Morgan fingerprint density at radius 1 is 1.33 bits per heavy atom. The summed E-state index contributed by atoms with van der Waals surface area (Å²) in [7, 11) is 1.70. The average molecular weight is 270 g/mol. The van der Waals surface area contributed by atoms with Crippen LogP contribution in [0.15, 0.2) is 11.2 Å². The van der Waals surface area contributed by atoms with E-state index in [1.807, 2.05) is 19.2 Å². The molecule has 0 saturated heterocycles. The topological polar surface area (TPSA) is 59.1 Å². The highest BCUT2D eigenvalue weighted by Crippen LogP contribution is 2.20. The van der Waals surface area contributed by atoms with Gasteiger partial charge < -0.3 is 15.4 Å². The fourth-order valence-electron chi connectivity index (χ4n) is 1.60. The lowest BCUT2D eigenvalue weighted by Gasteiger charge is -2.26. The minimum atomic E-state index is -0.164. The molecule has 0 aliphatic heterocycles. The second-order valence-corrected chi connectivity index (χ2v) is 5.37. The SMILES string of the molecule is CCNc1cc(NC(C)(C)COC)nc(SC)n1. The zero-order valence-electron chi connectivity index (χ0n) is 11.7. The molecule has 0 fully saturated rings. The van der Waals surface area contributed by atoms with E-state index in [0.29, 0.717) is 6.61 Å². The molecule has 18 heavy (non-hydrogen) atoms. The Morgan fingerprint density at radius 3 is 2.56 bits per heavy atom. The van der Waals surface area contributed by atoms with Crippen LogP contribution in [0.5, 0.6) is 0 Å². The first-order chi connectivity index (χ1) is 8.50. The van der Waals surface area contributed by atoms with Crippen LogP contribution in [-0.4, -0.2) is 42.0 Å². The molecule has 102 valence electrons. The van der Waals surface area contributed by atoms with Crippen molar-refractivity contribution in [1.82, 2.24) is 9.97 Å². The second-order valence-electron chi connectivity index (χ2n) is 4.60. The van der Waals surface area contributed by atoms with Crippen molar-refractivity contribution < 1.29 is 4.74 Å². The predicted octanol–water partition coefficient (Wildman–Crippen LogP) is 2.47. The lowest BCUT2D eigenvalue weighted by Crippen LogP contribution is -2.36. The van der Waals surface area contributed by atoms with Crippen molar-refractivity contribution in [3.05, 3.63) is 6.07 Å². The van der Waals surface area contributed by atoms with Crippen molar-refractivity contribution >= 4 is 23.4 Å². The maximum absolute atomic E-state index is 5.19. The summed E-state index contributed by atoms with van der Waals surface area (Å²) in [5.41, 5.74) is -0.164. The van der Waals surface area contributed by atoms with Crippen LogP contribution in [0.25, 0.3) is 0 Å². The van der Waals surface area contributed by atoms with Crippen LogP contribution >= 0.6 is 11.8 Å². The molecule has 0 aliphatic carbocycles. The summed E-state index contributed by atoms with van der Waals surface area (Å²) in [4.78, 5) is 8.83. The van der Waals surface area contributed by atoms with E-state index in [-0.39, 0.29) is 5.54 Å². The van der Waals surface area contributed by atoms with Crippen LogP contribution < -0.4 is 10.6 Å². The third-order valence-corrected chi connectivity index (χ3v) is 2.77. The van der Waals surface area contributed by atoms with Gasteiger partial charge in [-0.3, -0.25) is 0 Å². The molecule has 1 aromatic rings. The summed E-state index contributed by atoms with van der Waals surface area (Å²) in [6, 6.07) is 1.92. The molecule has 1 rings (SSSR count). The van der Waals surface area contributed by atoms with Gasteiger partial charge in [0.05, 0.1) is 12.1 Å². The van der Waals surface area contributed by atoms with Gasteiger partial charge in [0.25, 0.3) is 0 Å². The molecule has 5 nitrogen and oxygen atoms in total. The highest BCUT2D eigenvalue weighted by Gasteiger charge is 2.18. The molecule has 0 atom stereocenters. The lowest BCUT2D eigenvalue weighted by atomic mass is 10.1. The van der Waals surface area contributed by atoms with Crippen LogP contribution in [-0.2, 0) is 4.74 Å². The quantitative estimate of drug-likeness (QED) is 0.586. The van der Waals surface area contributed by atoms with Crippen molar-refractivity contribution in [1.29, 1.82) is 0 Å². The normalized spacial score (nSPS) is 11.4. The van der Waals surface area contributed by atoms with E-state index in [1.165, 1.54) is 11.8 Å². The summed E-state index contributed by atoms with van der Waals surface area (Å²) in [6.07, 6.45) is 1.97. The van der Waals surface area contributed by atoms with Gasteiger partial charge in [0.15, 0.2) is 5.16 Å². The van der Waals surface area contributed by atoms with Crippen molar-refractivity contribution in [2.24, 2.45) is 0 Å². The first-order valence-electron chi connectivity index (χ1n) is 5.95. The zero-order chi connectivity index (χ0) is 13.6. The molecule has 0 radical (unpaired) electrons. The number of aromatic nitrogens is 2. The van der Waals surface area contributed by atoms with E-state index in [1.54, 1.807) is 7.11 Å². The van der Waals surface area contributed by atoms with Crippen molar-refractivity contribution in [3.8, 4) is 0 Å². The molecule has 0 aliphatic rings. The Balaban J connectivity index is 2.90. The van der Waals surface area contributed by atoms with Gasteiger partial charge in [-0.05, 0) is 27.0 Å². The summed E-state index contributed by atoms with van der Waals surface area (Å²) in [6.45, 7) is 7.64. The van der Waals surface area contributed by atoms with Crippen LogP contribution in [0.2, 0.25) is 0 Å². The molecule has 1 aromatic heterocycles. The molecule has 0 unspecified atom stereocenters. The van der Waals surface area contributed by atoms with Gasteiger partial charge in [-0.2, -0.15) is 0 Å². The molecule has 6 heteroatoms. The lowest BCUT2D eigenvalue weighted by molar-refractivity contribution is 0.158. The highest BCUT2D eigenvalue weighted by molar-refractivity contribution is 7.98. The standard InChI is InChI=1S/C12H22N4OS/c1-6-13-9-7-10(15-11(14-9)18-5)16-12(2,3)8-17-4/h7H,6,8H2,1-5H3,(H2,13,14,15,16). The maximum Gasteiger partial charge on any atom is 0.191 e. The fourth-order valence-corrected chi connectivity index (χ4v) is 1.98. The minimum absolute atomic E-state index is 0.164. The van der Waals surface area contributed by atoms with E-state index in [0.717, 1.165) is 23.3 Å². The third-order valence-electron chi connectivity index (χ3n) is 2.22. The predicted molar refractivity (Wildman–Crippen MR) is 77.6 cm³/mol. The van der Waals surface area contributed by atoms with Gasteiger partial charge in [0, 0.05) is 19.7 Å². The number of nitrogens with one attached hydrogen (secondary N) is 2. The molecular weight excluding hydrogens is 248 g/mol. The smallest absolute Gasteiger partial charge is 0.191 e. The Labute approximate surface area is 113 Å². The Kier molecular flexibility index (Phi) is 5.68. The first-order valence-corrected chi connectivity index (χ1v) is 7.17. The Bertz CT molecular complexity index is 384. The van der Waals surface area contributed by atoms with Gasteiger partial charge in [0.2, 0.25) is 0 Å². The van der Waals surface area contributed by atoms with Crippen LogP contribution in [0.1, 0.15) is 20.8 Å². The van der Waals surface area contributed by atoms with Crippen LogP contribution in [0, 0.1) is 0 Å². The Hall–Kier alpha value is -1.01. The number of methoxy groups -OCH3 is 1. The fraction of sp³-hybridized carbons (Fsp3) is 0.667. The van der Waals surface area contributed by atoms with Crippen molar-refractivity contribution in [2.45, 2.75) is 31.5 Å². The number of hydrogen-bond acceptors (Lipinski definition) is 6. The van der Waals surface area contributed by atoms with Gasteiger partial charge in [-0.25, -0.2) is 9.97 Å². The number of nitrogens with zero attached hydrogens (tertiary/aromatic N) is 2. The van der Waals surface area contributed by atoms with Gasteiger partial charge in [-0.15, -0.1) is 0 Å². The second kappa shape index (κ2) is 6.80. The number of anilines is 2. The van der Waals surface area contributed by atoms with E-state index < -0.39 is 0 Å². The van der Waals surface area contributed by atoms with E-state index in [2.05, 4.69) is 34.4 Å². The monoisotopic (exact) mass is 270 g/mol. The van der Waals surface area contributed by atoms with E-state index in [9.17, 15) is 0 Å². The van der Waals surface area contributed by atoms with Crippen LogP contribution in [0.3, 0.4) is 0 Å². The molecular formula is C12H22N4OS. The van der Waals surface area contributed by atoms with Crippen molar-refractivity contribution in [2.75, 3.05) is 37.2 Å². The molecule has 2 N–H and O–H groups in total. The summed E-state index contributed by atoms with van der Waals surface area (Å²) >= 11 is 1.53. The Morgan fingerprint density at radius 2 is 2.00 bits per heavy atom. The van der Waals surface area contributed by atoms with Crippen molar-refractivity contribution in [3.63, 3.8) is 0 Å². The maximum atomic E-state index is 5.19. The van der Waals surface area contributed by atoms with Gasteiger partial charge >= 0.3 is 0 Å². The largest absolute Gasteiger partial charge is 0.382 e. The highest BCUT2D eigenvalue weighted by atomic mass is 32.2. The molecule has 0 spiro atoms. The van der Waals surface area contributed by atoms with E-state index >= 15 is 0 Å². The number of ether oxygens (including phenoxy) is 1. The molecule has 0 bridgehead atoms.